The molecule has 4 nitrogen and oxygen atoms in total. The maximum Gasteiger partial charge on any atom is 0.122 e. The Labute approximate surface area is 166 Å². The zero-order valence-electron chi connectivity index (χ0n) is 16.1. The van der Waals surface area contributed by atoms with E-state index in [1.807, 2.05) is 24.3 Å². The van der Waals surface area contributed by atoms with Gasteiger partial charge in [0, 0.05) is 29.6 Å². The van der Waals surface area contributed by atoms with Crippen LogP contribution in [0.3, 0.4) is 0 Å². The average molecular weight is 390 g/mol. The van der Waals surface area contributed by atoms with Crippen LogP contribution in [-0.4, -0.2) is 43.9 Å². The van der Waals surface area contributed by atoms with Gasteiger partial charge in [-0.1, -0.05) is 23.7 Å². The van der Waals surface area contributed by atoms with Crippen LogP contribution in [0.5, 0.6) is 11.5 Å². The van der Waals surface area contributed by atoms with Crippen molar-refractivity contribution >= 4 is 11.6 Å². The Morgan fingerprint density at radius 3 is 2.44 bits per heavy atom. The Morgan fingerprint density at radius 1 is 1.07 bits per heavy atom. The number of hydrogen-bond donors (Lipinski definition) is 1. The smallest absolute Gasteiger partial charge is 0.122 e. The van der Waals surface area contributed by atoms with E-state index in [4.69, 9.17) is 21.1 Å². The highest BCUT2D eigenvalue weighted by molar-refractivity contribution is 6.30. The number of aliphatic hydroxyl groups is 1. The monoisotopic (exact) mass is 389 g/mol. The molecule has 1 N–H and O–H groups in total. The van der Waals surface area contributed by atoms with Gasteiger partial charge in [0.2, 0.25) is 0 Å². The van der Waals surface area contributed by atoms with Crippen molar-refractivity contribution in [3.63, 3.8) is 0 Å². The normalized spacial score (nSPS) is 20.4. The summed E-state index contributed by atoms with van der Waals surface area (Å²) in [6.45, 7) is 2.87. The topological polar surface area (TPSA) is 41.9 Å². The largest absolute Gasteiger partial charge is 0.497 e. The summed E-state index contributed by atoms with van der Waals surface area (Å²) in [5.41, 5.74) is 2.20. The number of benzene rings is 2. The van der Waals surface area contributed by atoms with E-state index in [0.717, 1.165) is 61.0 Å². The number of likely N-dealkylation sites (tertiary alicyclic amines) is 1. The second-order valence-electron chi connectivity index (χ2n) is 7.50. The molecule has 0 bridgehead atoms. The van der Waals surface area contributed by atoms with Crippen LogP contribution in [0.15, 0.2) is 42.5 Å². The van der Waals surface area contributed by atoms with Gasteiger partial charge in [-0.25, -0.2) is 0 Å². The molecule has 1 atom stereocenters. The van der Waals surface area contributed by atoms with Crippen molar-refractivity contribution in [1.82, 2.24) is 4.90 Å². The first-order valence-electron chi connectivity index (χ1n) is 9.35. The number of methoxy groups -OCH3 is 2. The molecule has 0 spiro atoms. The second kappa shape index (κ2) is 8.96. The average Bonchev–Trinajstić information content (AvgIpc) is 2.68. The first kappa shape index (κ1) is 20.0. The molecule has 27 heavy (non-hydrogen) atoms. The molecule has 0 saturated carbocycles. The summed E-state index contributed by atoms with van der Waals surface area (Å²) < 4.78 is 10.8. The molecule has 146 valence electrons. The Bertz CT molecular complexity index is 745. The number of ether oxygens (including phenoxy) is 2. The first-order chi connectivity index (χ1) is 13.1. The molecule has 1 fully saturated rings. The summed E-state index contributed by atoms with van der Waals surface area (Å²) in [7, 11) is 3.34. The van der Waals surface area contributed by atoms with E-state index in [0.29, 0.717) is 0 Å². The van der Waals surface area contributed by atoms with Crippen LogP contribution < -0.4 is 9.47 Å². The van der Waals surface area contributed by atoms with Gasteiger partial charge in [-0.15, -0.1) is 0 Å². The van der Waals surface area contributed by atoms with E-state index in [1.54, 1.807) is 14.2 Å². The van der Waals surface area contributed by atoms with Crippen molar-refractivity contribution in [3.05, 3.63) is 58.6 Å². The van der Waals surface area contributed by atoms with Crippen LogP contribution in [0.2, 0.25) is 5.02 Å². The molecule has 0 amide bonds. The minimum absolute atomic E-state index is 0.133. The molecule has 2 aromatic rings. The van der Waals surface area contributed by atoms with Crippen molar-refractivity contribution in [1.29, 1.82) is 0 Å². The van der Waals surface area contributed by atoms with Gasteiger partial charge in [0.15, 0.2) is 0 Å². The zero-order chi connectivity index (χ0) is 19.3. The fraction of sp³-hybridized carbons (Fsp3) is 0.455. The highest BCUT2D eigenvalue weighted by atomic mass is 35.5. The van der Waals surface area contributed by atoms with Gasteiger partial charge in [-0.05, 0) is 61.2 Å². The van der Waals surface area contributed by atoms with E-state index < -0.39 is 0 Å². The Balaban J connectivity index is 1.74. The standard InChI is InChI=1S/C22H28ClNO3/c1-26-20-10-18(11-21(12-20)27-2)14-24-8-4-7-22(15-24,16-25)13-17-5-3-6-19(23)9-17/h3,5-6,9-12,25H,4,7-8,13-16H2,1-2H3/t22-/m0/s1. The Morgan fingerprint density at radius 2 is 1.81 bits per heavy atom. The molecule has 0 aromatic heterocycles. The zero-order valence-corrected chi connectivity index (χ0v) is 16.8. The van der Waals surface area contributed by atoms with E-state index in [9.17, 15) is 5.11 Å². The fourth-order valence-corrected chi connectivity index (χ4v) is 4.28. The Kier molecular flexibility index (Phi) is 6.64. The van der Waals surface area contributed by atoms with Crippen LogP contribution >= 0.6 is 11.6 Å². The van der Waals surface area contributed by atoms with Crippen LogP contribution in [0.4, 0.5) is 0 Å². The first-order valence-corrected chi connectivity index (χ1v) is 9.73. The van der Waals surface area contributed by atoms with E-state index in [2.05, 4.69) is 23.1 Å². The summed E-state index contributed by atoms with van der Waals surface area (Å²) in [6.07, 6.45) is 2.93. The molecule has 0 unspecified atom stereocenters. The molecule has 3 rings (SSSR count). The van der Waals surface area contributed by atoms with Gasteiger partial charge in [0.1, 0.15) is 11.5 Å². The molecule has 1 saturated heterocycles. The molecule has 2 aromatic carbocycles. The lowest BCUT2D eigenvalue weighted by molar-refractivity contribution is 0.0288. The molecular formula is C22H28ClNO3. The van der Waals surface area contributed by atoms with Crippen molar-refractivity contribution in [2.45, 2.75) is 25.8 Å². The van der Waals surface area contributed by atoms with Crippen molar-refractivity contribution in [2.75, 3.05) is 33.9 Å². The third-order valence-electron chi connectivity index (χ3n) is 5.36. The fourth-order valence-electron chi connectivity index (χ4n) is 4.07. The van der Waals surface area contributed by atoms with E-state index >= 15 is 0 Å². The molecule has 0 radical (unpaired) electrons. The predicted molar refractivity (Wildman–Crippen MR) is 109 cm³/mol. The summed E-state index contributed by atoms with van der Waals surface area (Å²) in [5.74, 6) is 1.60. The van der Waals surface area contributed by atoms with Crippen LogP contribution in [0.25, 0.3) is 0 Å². The quantitative estimate of drug-likeness (QED) is 0.771. The second-order valence-corrected chi connectivity index (χ2v) is 7.94. The molecule has 5 heteroatoms. The van der Waals surface area contributed by atoms with E-state index in [-0.39, 0.29) is 12.0 Å². The van der Waals surface area contributed by atoms with Crippen molar-refractivity contribution < 1.29 is 14.6 Å². The number of piperidine rings is 1. The highest BCUT2D eigenvalue weighted by Gasteiger charge is 2.35. The number of nitrogens with zero attached hydrogens (tertiary/aromatic N) is 1. The van der Waals surface area contributed by atoms with Crippen molar-refractivity contribution in [2.24, 2.45) is 5.41 Å². The number of rotatable bonds is 7. The lowest BCUT2D eigenvalue weighted by Crippen LogP contribution is -2.46. The SMILES string of the molecule is COc1cc(CN2CCC[C@](CO)(Cc3cccc(Cl)c3)C2)cc(OC)c1. The van der Waals surface area contributed by atoms with Crippen LogP contribution in [-0.2, 0) is 13.0 Å². The maximum atomic E-state index is 10.2. The minimum Gasteiger partial charge on any atom is -0.497 e. The highest BCUT2D eigenvalue weighted by Crippen LogP contribution is 2.35. The molecule has 1 aliphatic rings. The van der Waals surface area contributed by atoms with Gasteiger partial charge < -0.3 is 14.6 Å². The predicted octanol–water partition coefficient (Wildman–Crippen LogP) is 4.17. The summed E-state index contributed by atoms with van der Waals surface area (Å²) >= 11 is 6.15. The third-order valence-corrected chi connectivity index (χ3v) is 5.60. The van der Waals surface area contributed by atoms with Gasteiger partial charge in [-0.2, -0.15) is 0 Å². The summed E-state index contributed by atoms with van der Waals surface area (Å²) in [5, 5.41) is 11.0. The molecular weight excluding hydrogens is 362 g/mol. The van der Waals surface area contributed by atoms with Gasteiger partial charge in [0.05, 0.1) is 20.8 Å². The molecule has 1 aliphatic heterocycles. The minimum atomic E-state index is -0.133. The van der Waals surface area contributed by atoms with Gasteiger partial charge in [-0.3, -0.25) is 4.90 Å². The molecule has 1 heterocycles. The lowest BCUT2D eigenvalue weighted by Gasteiger charge is -2.42. The summed E-state index contributed by atoms with van der Waals surface area (Å²) in [4.78, 5) is 2.42. The summed E-state index contributed by atoms with van der Waals surface area (Å²) in [6, 6.07) is 14.0. The van der Waals surface area contributed by atoms with Crippen molar-refractivity contribution in [3.8, 4) is 11.5 Å². The van der Waals surface area contributed by atoms with Gasteiger partial charge in [0.25, 0.3) is 0 Å². The van der Waals surface area contributed by atoms with Crippen LogP contribution in [0.1, 0.15) is 24.0 Å². The number of halogens is 1. The molecule has 0 aliphatic carbocycles. The Hall–Kier alpha value is -1.75. The maximum absolute atomic E-state index is 10.2. The number of hydrogen-bond acceptors (Lipinski definition) is 4. The lowest BCUT2D eigenvalue weighted by atomic mass is 9.75. The third kappa shape index (κ3) is 5.16. The number of aliphatic hydroxyl groups excluding tert-OH is 1. The van der Waals surface area contributed by atoms with Gasteiger partial charge >= 0.3 is 0 Å². The van der Waals surface area contributed by atoms with E-state index in [1.165, 1.54) is 5.56 Å². The van der Waals surface area contributed by atoms with Crippen LogP contribution in [0, 0.1) is 5.41 Å².